The molecule has 0 amide bonds. The lowest BCUT2D eigenvalue weighted by Crippen LogP contribution is -2.41. The third kappa shape index (κ3) is 3.66. The molecule has 0 aliphatic rings. The van der Waals surface area contributed by atoms with Crippen LogP contribution in [0.1, 0.15) is 6.92 Å². The molecule has 0 heterocycles. The quantitative estimate of drug-likeness (QED) is 0.489. The molecule has 5 heteroatoms. The summed E-state index contributed by atoms with van der Waals surface area (Å²) < 4.78 is 14.8. The highest BCUT2D eigenvalue weighted by Crippen LogP contribution is 2.06. The van der Waals surface area contributed by atoms with Crippen LogP contribution in [0.5, 0.6) is 0 Å². The van der Waals surface area contributed by atoms with E-state index in [1.807, 2.05) is 0 Å². The Morgan fingerprint density at radius 1 is 1.33 bits per heavy atom. The SMILES string of the molecule is CC=CC(=O)O[Si](C)(OC)OC. The van der Waals surface area contributed by atoms with Gasteiger partial charge in [0, 0.05) is 26.8 Å². The van der Waals surface area contributed by atoms with Crippen LogP contribution in [0.2, 0.25) is 6.55 Å². The van der Waals surface area contributed by atoms with Crippen LogP contribution >= 0.6 is 0 Å². The summed E-state index contributed by atoms with van der Waals surface area (Å²) >= 11 is 0. The molecule has 0 N–H and O–H groups in total. The summed E-state index contributed by atoms with van der Waals surface area (Å²) in [6, 6.07) is 0. The highest BCUT2D eigenvalue weighted by molar-refractivity contribution is 6.61. The lowest BCUT2D eigenvalue weighted by molar-refractivity contribution is -0.133. The molecule has 12 heavy (non-hydrogen) atoms. The van der Waals surface area contributed by atoms with Gasteiger partial charge in [-0.2, -0.15) is 0 Å². The van der Waals surface area contributed by atoms with Crippen LogP contribution in [0, 0.1) is 0 Å². The summed E-state index contributed by atoms with van der Waals surface area (Å²) in [6.45, 7) is 3.38. The first-order chi connectivity index (χ1) is 5.58. The van der Waals surface area contributed by atoms with Crippen molar-refractivity contribution in [2.45, 2.75) is 13.5 Å². The van der Waals surface area contributed by atoms with Gasteiger partial charge in [-0.15, -0.1) is 0 Å². The molecule has 0 unspecified atom stereocenters. The highest BCUT2D eigenvalue weighted by atomic mass is 28.4. The Morgan fingerprint density at radius 3 is 2.17 bits per heavy atom. The van der Waals surface area contributed by atoms with Gasteiger partial charge in [0.1, 0.15) is 0 Å². The average molecular weight is 190 g/mol. The summed E-state index contributed by atoms with van der Waals surface area (Å²) in [5.41, 5.74) is 0. The fourth-order valence-corrected chi connectivity index (χ4v) is 1.29. The summed E-state index contributed by atoms with van der Waals surface area (Å²) in [6.07, 6.45) is 2.92. The molecule has 0 rings (SSSR count). The fraction of sp³-hybridized carbons (Fsp3) is 0.571. The van der Waals surface area contributed by atoms with E-state index in [4.69, 9.17) is 13.3 Å². The molecule has 0 radical (unpaired) electrons. The molecule has 0 aromatic heterocycles. The Bertz CT molecular complexity index is 174. The summed E-state index contributed by atoms with van der Waals surface area (Å²) in [5.74, 6) is -0.435. The highest BCUT2D eigenvalue weighted by Gasteiger charge is 2.35. The van der Waals surface area contributed by atoms with Gasteiger partial charge in [-0.3, -0.25) is 0 Å². The molecule has 0 aliphatic carbocycles. The third-order valence-electron chi connectivity index (χ3n) is 1.33. The molecule has 0 bridgehead atoms. The fourth-order valence-electron chi connectivity index (χ4n) is 0.519. The summed E-state index contributed by atoms with van der Waals surface area (Å²) in [7, 11) is 0.216. The van der Waals surface area contributed by atoms with Gasteiger partial charge in [0.05, 0.1) is 0 Å². The van der Waals surface area contributed by atoms with E-state index in [0.717, 1.165) is 0 Å². The molecule has 70 valence electrons. The van der Waals surface area contributed by atoms with Crippen molar-refractivity contribution in [3.63, 3.8) is 0 Å². The monoisotopic (exact) mass is 190 g/mol. The zero-order chi connectivity index (χ0) is 9.61. The van der Waals surface area contributed by atoms with E-state index >= 15 is 0 Å². The molecule has 0 saturated heterocycles. The van der Waals surface area contributed by atoms with Gasteiger partial charge in [-0.05, 0) is 6.92 Å². The molecule has 0 atom stereocenters. The lowest BCUT2D eigenvalue weighted by Gasteiger charge is -2.20. The first-order valence-corrected chi connectivity index (χ1v) is 5.76. The standard InChI is InChI=1S/C7H14O4Si/c1-5-6-7(8)11-12(4,9-2)10-3/h5-6H,1-4H3. The average Bonchev–Trinajstić information content (AvgIpc) is 2.05. The van der Waals surface area contributed by atoms with Crippen LogP contribution in [0.15, 0.2) is 12.2 Å². The van der Waals surface area contributed by atoms with Crippen molar-refractivity contribution in [3.8, 4) is 0 Å². The third-order valence-corrected chi connectivity index (χ3v) is 3.39. The summed E-state index contributed by atoms with van der Waals surface area (Å²) in [4.78, 5) is 10.9. The van der Waals surface area contributed by atoms with Crippen molar-refractivity contribution < 1.29 is 18.1 Å². The van der Waals surface area contributed by atoms with E-state index in [1.54, 1.807) is 19.5 Å². The van der Waals surface area contributed by atoms with Gasteiger partial charge in [0.25, 0.3) is 0 Å². The number of carbonyl (C=O) groups excluding carboxylic acids is 1. The van der Waals surface area contributed by atoms with Crippen LogP contribution < -0.4 is 0 Å². The smallest absolute Gasteiger partial charge is 0.470 e. The second-order valence-corrected chi connectivity index (χ2v) is 4.94. The first kappa shape index (κ1) is 11.3. The molecule has 0 aromatic carbocycles. The van der Waals surface area contributed by atoms with E-state index in [9.17, 15) is 4.79 Å². The van der Waals surface area contributed by atoms with Crippen molar-refractivity contribution in [3.05, 3.63) is 12.2 Å². The molecule has 0 aliphatic heterocycles. The van der Waals surface area contributed by atoms with Gasteiger partial charge in [-0.25, -0.2) is 4.79 Å². The Morgan fingerprint density at radius 2 is 1.83 bits per heavy atom. The predicted octanol–water partition coefficient (Wildman–Crippen LogP) is 0.967. The van der Waals surface area contributed by atoms with Crippen LogP contribution in [-0.4, -0.2) is 29.0 Å². The van der Waals surface area contributed by atoms with Crippen LogP contribution in [0.4, 0.5) is 0 Å². The van der Waals surface area contributed by atoms with Crippen LogP contribution in [0.25, 0.3) is 0 Å². The molecular formula is C7H14O4Si. The largest absolute Gasteiger partial charge is 0.564 e. The molecule has 0 fully saturated rings. The minimum absolute atomic E-state index is 0.435. The number of hydrogen-bond acceptors (Lipinski definition) is 4. The van der Waals surface area contributed by atoms with E-state index in [0.29, 0.717) is 0 Å². The van der Waals surface area contributed by atoms with E-state index in [2.05, 4.69) is 0 Å². The molecule has 4 nitrogen and oxygen atoms in total. The second kappa shape index (κ2) is 5.07. The minimum atomic E-state index is -2.70. The van der Waals surface area contributed by atoms with Crippen molar-refractivity contribution >= 4 is 14.8 Å². The van der Waals surface area contributed by atoms with Crippen LogP contribution in [-0.2, 0) is 18.1 Å². The molecular weight excluding hydrogens is 176 g/mol. The normalized spacial score (nSPS) is 12.0. The Balaban J connectivity index is 4.11. The van der Waals surface area contributed by atoms with Gasteiger partial charge >= 0.3 is 14.8 Å². The van der Waals surface area contributed by atoms with Crippen molar-refractivity contribution in [2.24, 2.45) is 0 Å². The van der Waals surface area contributed by atoms with Gasteiger partial charge in [-0.1, -0.05) is 6.08 Å². The second-order valence-electron chi connectivity index (χ2n) is 2.19. The lowest BCUT2D eigenvalue weighted by atomic mass is 10.5. The Hall–Kier alpha value is -0.653. The maximum absolute atomic E-state index is 10.9. The number of allylic oxidation sites excluding steroid dienone is 1. The first-order valence-electron chi connectivity index (χ1n) is 3.54. The number of hydrogen-bond donors (Lipinski definition) is 0. The maximum atomic E-state index is 10.9. The van der Waals surface area contributed by atoms with E-state index in [-0.39, 0.29) is 0 Å². The molecule has 0 aromatic rings. The Labute approximate surface area is 73.5 Å². The van der Waals surface area contributed by atoms with Gasteiger partial charge in [0.2, 0.25) is 0 Å². The minimum Gasteiger partial charge on any atom is -0.470 e. The molecule has 0 saturated carbocycles. The molecule has 0 spiro atoms. The summed E-state index contributed by atoms with van der Waals surface area (Å²) in [5, 5.41) is 0. The van der Waals surface area contributed by atoms with Gasteiger partial charge < -0.3 is 13.3 Å². The van der Waals surface area contributed by atoms with Crippen molar-refractivity contribution in [1.29, 1.82) is 0 Å². The Kier molecular flexibility index (Phi) is 4.80. The van der Waals surface area contributed by atoms with Crippen molar-refractivity contribution in [1.82, 2.24) is 0 Å². The maximum Gasteiger partial charge on any atom is 0.564 e. The number of carbonyl (C=O) groups is 1. The van der Waals surface area contributed by atoms with E-state index in [1.165, 1.54) is 20.3 Å². The van der Waals surface area contributed by atoms with E-state index < -0.39 is 14.8 Å². The van der Waals surface area contributed by atoms with Crippen LogP contribution in [0.3, 0.4) is 0 Å². The number of rotatable bonds is 4. The predicted molar refractivity (Wildman–Crippen MR) is 46.5 cm³/mol. The van der Waals surface area contributed by atoms with Crippen molar-refractivity contribution in [2.75, 3.05) is 14.2 Å². The zero-order valence-corrected chi connectivity index (χ0v) is 8.79. The van der Waals surface area contributed by atoms with Gasteiger partial charge in [0.15, 0.2) is 0 Å². The zero-order valence-electron chi connectivity index (χ0n) is 7.79. The topological polar surface area (TPSA) is 44.8 Å².